The SMILES string of the molecule is CC1CCCC1NC(=O)C1(c2ccc(N)cc2)CC1. The molecule has 1 aromatic carbocycles. The van der Waals surface area contributed by atoms with Gasteiger partial charge in [-0.1, -0.05) is 25.5 Å². The van der Waals surface area contributed by atoms with Crippen LogP contribution in [0.1, 0.15) is 44.6 Å². The van der Waals surface area contributed by atoms with Gasteiger partial charge in [0.2, 0.25) is 5.91 Å². The summed E-state index contributed by atoms with van der Waals surface area (Å²) in [5, 5.41) is 3.27. The highest BCUT2D eigenvalue weighted by Crippen LogP contribution is 2.48. The van der Waals surface area contributed by atoms with Crippen LogP contribution in [0.5, 0.6) is 0 Å². The van der Waals surface area contributed by atoms with Gasteiger partial charge in [0, 0.05) is 11.7 Å². The molecule has 0 aromatic heterocycles. The number of nitrogens with one attached hydrogen (secondary N) is 1. The normalized spacial score (nSPS) is 28.1. The zero-order valence-corrected chi connectivity index (χ0v) is 11.5. The fourth-order valence-electron chi connectivity index (χ4n) is 3.24. The monoisotopic (exact) mass is 258 g/mol. The Hall–Kier alpha value is -1.51. The highest BCUT2D eigenvalue weighted by atomic mass is 16.2. The summed E-state index contributed by atoms with van der Waals surface area (Å²) in [6.45, 7) is 2.24. The molecule has 2 unspecified atom stereocenters. The van der Waals surface area contributed by atoms with Crippen molar-refractivity contribution < 1.29 is 4.79 Å². The average molecular weight is 258 g/mol. The average Bonchev–Trinajstić information content (AvgIpc) is 3.11. The lowest BCUT2D eigenvalue weighted by atomic mass is 9.93. The fourth-order valence-corrected chi connectivity index (χ4v) is 3.24. The Balaban J connectivity index is 1.73. The quantitative estimate of drug-likeness (QED) is 0.819. The zero-order chi connectivity index (χ0) is 13.5. The van der Waals surface area contributed by atoms with Crippen LogP contribution in [0.4, 0.5) is 5.69 Å². The van der Waals surface area contributed by atoms with Gasteiger partial charge in [-0.25, -0.2) is 0 Å². The van der Waals surface area contributed by atoms with Gasteiger partial charge < -0.3 is 11.1 Å². The molecule has 3 nitrogen and oxygen atoms in total. The van der Waals surface area contributed by atoms with E-state index in [9.17, 15) is 4.79 Å². The molecular formula is C16H22N2O. The Morgan fingerprint density at radius 1 is 1.26 bits per heavy atom. The van der Waals surface area contributed by atoms with E-state index in [-0.39, 0.29) is 11.3 Å². The van der Waals surface area contributed by atoms with Crippen molar-refractivity contribution in [1.82, 2.24) is 5.32 Å². The number of nitrogen functional groups attached to an aromatic ring is 1. The molecule has 0 bridgehead atoms. The molecule has 0 spiro atoms. The van der Waals surface area contributed by atoms with Crippen molar-refractivity contribution in [2.45, 2.75) is 50.5 Å². The second-order valence-corrected chi connectivity index (χ2v) is 6.19. The van der Waals surface area contributed by atoms with Crippen LogP contribution < -0.4 is 11.1 Å². The lowest BCUT2D eigenvalue weighted by Gasteiger charge is -2.22. The van der Waals surface area contributed by atoms with Crippen molar-refractivity contribution in [3.8, 4) is 0 Å². The molecule has 0 saturated heterocycles. The Morgan fingerprint density at radius 3 is 2.47 bits per heavy atom. The summed E-state index contributed by atoms with van der Waals surface area (Å²) in [7, 11) is 0. The highest BCUT2D eigenvalue weighted by Gasteiger charge is 2.51. The fraction of sp³-hybridized carbons (Fsp3) is 0.562. The van der Waals surface area contributed by atoms with E-state index in [0.717, 1.165) is 30.5 Å². The maximum atomic E-state index is 12.6. The van der Waals surface area contributed by atoms with Crippen molar-refractivity contribution in [1.29, 1.82) is 0 Å². The van der Waals surface area contributed by atoms with E-state index in [1.54, 1.807) is 0 Å². The summed E-state index contributed by atoms with van der Waals surface area (Å²) in [6, 6.07) is 8.15. The molecule has 1 aromatic rings. The van der Waals surface area contributed by atoms with Crippen LogP contribution in [0.2, 0.25) is 0 Å². The topological polar surface area (TPSA) is 55.1 Å². The molecule has 2 atom stereocenters. The van der Waals surface area contributed by atoms with Gasteiger partial charge in [0.25, 0.3) is 0 Å². The Kier molecular flexibility index (Phi) is 3.00. The van der Waals surface area contributed by atoms with Crippen LogP contribution in [0.15, 0.2) is 24.3 Å². The molecule has 2 fully saturated rings. The first-order chi connectivity index (χ1) is 9.12. The minimum Gasteiger partial charge on any atom is -0.399 e. The van der Waals surface area contributed by atoms with E-state index in [0.29, 0.717) is 12.0 Å². The Labute approximate surface area is 114 Å². The van der Waals surface area contributed by atoms with Crippen molar-refractivity contribution in [3.05, 3.63) is 29.8 Å². The van der Waals surface area contributed by atoms with E-state index in [1.165, 1.54) is 12.8 Å². The molecule has 102 valence electrons. The maximum Gasteiger partial charge on any atom is 0.230 e. The lowest BCUT2D eigenvalue weighted by Crippen LogP contribution is -2.42. The molecule has 3 N–H and O–H groups in total. The van der Waals surface area contributed by atoms with Crippen LogP contribution in [-0.2, 0) is 10.2 Å². The van der Waals surface area contributed by atoms with E-state index in [4.69, 9.17) is 5.73 Å². The summed E-state index contributed by atoms with van der Waals surface area (Å²) in [4.78, 5) is 12.6. The molecule has 2 aliphatic carbocycles. The standard InChI is InChI=1S/C16H22N2O/c1-11-3-2-4-14(11)18-15(19)16(9-10-16)12-5-7-13(17)8-6-12/h5-8,11,14H,2-4,9-10,17H2,1H3,(H,18,19). The van der Waals surface area contributed by atoms with Gasteiger partial charge in [0.05, 0.1) is 5.41 Å². The van der Waals surface area contributed by atoms with Crippen LogP contribution >= 0.6 is 0 Å². The van der Waals surface area contributed by atoms with E-state index in [2.05, 4.69) is 12.2 Å². The number of carbonyl (C=O) groups is 1. The molecule has 3 rings (SSSR count). The molecule has 2 saturated carbocycles. The lowest BCUT2D eigenvalue weighted by molar-refractivity contribution is -0.124. The molecular weight excluding hydrogens is 236 g/mol. The molecule has 1 amide bonds. The van der Waals surface area contributed by atoms with Gasteiger partial charge >= 0.3 is 0 Å². The van der Waals surface area contributed by atoms with Crippen LogP contribution in [0.3, 0.4) is 0 Å². The van der Waals surface area contributed by atoms with Crippen molar-refractivity contribution in [2.24, 2.45) is 5.92 Å². The third kappa shape index (κ3) is 2.22. The number of benzene rings is 1. The van der Waals surface area contributed by atoms with Crippen molar-refractivity contribution in [3.63, 3.8) is 0 Å². The van der Waals surface area contributed by atoms with Gasteiger partial charge in [0.1, 0.15) is 0 Å². The predicted molar refractivity (Wildman–Crippen MR) is 76.7 cm³/mol. The second-order valence-electron chi connectivity index (χ2n) is 6.19. The number of amides is 1. The van der Waals surface area contributed by atoms with Gasteiger partial charge in [-0.15, -0.1) is 0 Å². The van der Waals surface area contributed by atoms with E-state index in [1.807, 2.05) is 24.3 Å². The van der Waals surface area contributed by atoms with Crippen molar-refractivity contribution >= 4 is 11.6 Å². The first kappa shape index (κ1) is 12.5. The van der Waals surface area contributed by atoms with Crippen LogP contribution in [0, 0.1) is 5.92 Å². The van der Waals surface area contributed by atoms with Gasteiger partial charge in [0.15, 0.2) is 0 Å². The Bertz CT molecular complexity index is 476. The number of nitrogens with two attached hydrogens (primary N) is 1. The largest absolute Gasteiger partial charge is 0.399 e. The summed E-state index contributed by atoms with van der Waals surface area (Å²) < 4.78 is 0. The predicted octanol–water partition coefficient (Wildman–Crippen LogP) is 2.61. The molecule has 3 heteroatoms. The summed E-state index contributed by atoms with van der Waals surface area (Å²) in [6.07, 6.45) is 5.53. The second kappa shape index (κ2) is 4.55. The zero-order valence-electron chi connectivity index (χ0n) is 11.5. The smallest absolute Gasteiger partial charge is 0.230 e. The number of rotatable bonds is 3. The minimum absolute atomic E-state index is 0.219. The maximum absolute atomic E-state index is 12.6. The van der Waals surface area contributed by atoms with Gasteiger partial charge in [-0.05, 0) is 49.3 Å². The van der Waals surface area contributed by atoms with E-state index >= 15 is 0 Å². The number of anilines is 1. The third-order valence-corrected chi connectivity index (χ3v) is 4.83. The van der Waals surface area contributed by atoms with Crippen molar-refractivity contribution in [2.75, 3.05) is 5.73 Å². The number of hydrogen-bond acceptors (Lipinski definition) is 2. The summed E-state index contributed by atoms with van der Waals surface area (Å²) in [5.41, 5.74) is 7.32. The first-order valence-electron chi connectivity index (χ1n) is 7.29. The molecule has 0 aliphatic heterocycles. The van der Waals surface area contributed by atoms with E-state index < -0.39 is 0 Å². The van der Waals surface area contributed by atoms with Gasteiger partial charge in [-0.2, -0.15) is 0 Å². The summed E-state index contributed by atoms with van der Waals surface area (Å²) in [5.74, 6) is 0.835. The number of carbonyl (C=O) groups excluding carboxylic acids is 1. The molecule has 0 radical (unpaired) electrons. The summed E-state index contributed by atoms with van der Waals surface area (Å²) >= 11 is 0. The molecule has 19 heavy (non-hydrogen) atoms. The van der Waals surface area contributed by atoms with Crippen LogP contribution in [0.25, 0.3) is 0 Å². The molecule has 2 aliphatic rings. The minimum atomic E-state index is -0.268. The third-order valence-electron chi connectivity index (χ3n) is 4.83. The Morgan fingerprint density at radius 2 is 1.95 bits per heavy atom. The van der Waals surface area contributed by atoms with Gasteiger partial charge in [-0.3, -0.25) is 4.79 Å². The van der Waals surface area contributed by atoms with Crippen LogP contribution in [-0.4, -0.2) is 11.9 Å². The first-order valence-corrected chi connectivity index (χ1v) is 7.29. The highest BCUT2D eigenvalue weighted by molar-refractivity contribution is 5.91. The number of hydrogen-bond donors (Lipinski definition) is 2. The molecule has 0 heterocycles.